The Kier molecular flexibility index (Phi) is 6.60. The van der Waals surface area contributed by atoms with E-state index in [9.17, 15) is 9.59 Å². The Hall–Kier alpha value is -2.93. The van der Waals surface area contributed by atoms with Crippen LogP contribution in [-0.4, -0.2) is 28.8 Å². The van der Waals surface area contributed by atoms with Crippen LogP contribution in [0.3, 0.4) is 0 Å². The number of rotatable bonds is 7. The molecule has 1 N–H and O–H groups in total. The van der Waals surface area contributed by atoms with Crippen molar-refractivity contribution in [3.05, 3.63) is 81.1 Å². The zero-order valence-electron chi connectivity index (χ0n) is 15.4. The highest BCUT2D eigenvalue weighted by Gasteiger charge is 2.07. The van der Waals surface area contributed by atoms with Gasteiger partial charge in [-0.3, -0.25) is 9.59 Å². The number of amides is 1. The van der Waals surface area contributed by atoms with Crippen molar-refractivity contribution in [2.45, 2.75) is 13.5 Å². The summed E-state index contributed by atoms with van der Waals surface area (Å²) < 4.78 is 7.70. The number of aromatic nitrogens is 2. The zero-order valence-corrected chi connectivity index (χ0v) is 17.0. The number of hydrogen-bond acceptors (Lipinski definition) is 4. The Morgan fingerprint density at radius 1 is 1.07 bits per heavy atom. The predicted octanol–water partition coefficient (Wildman–Crippen LogP) is 3.50. The summed E-state index contributed by atoms with van der Waals surface area (Å²) in [5, 5.41) is 7.21. The van der Waals surface area contributed by atoms with Crippen LogP contribution in [0.1, 0.15) is 17.3 Å². The summed E-state index contributed by atoms with van der Waals surface area (Å²) in [5.74, 6) is 0.596. The number of halogens is 1. The second-order valence-corrected chi connectivity index (χ2v) is 6.92. The molecule has 1 amide bonds. The molecule has 3 rings (SSSR count). The third-order valence-corrected chi connectivity index (χ3v) is 4.57. The highest BCUT2D eigenvalue weighted by molar-refractivity contribution is 9.10. The SMILES string of the molecule is CCOc1ccc(-c2ccc(=O)n(CCNC(=O)c3ccc(Br)cc3)n2)cc1. The lowest BCUT2D eigenvalue weighted by Crippen LogP contribution is -2.31. The molecule has 28 heavy (non-hydrogen) atoms. The van der Waals surface area contributed by atoms with E-state index in [1.54, 1.807) is 30.3 Å². The minimum Gasteiger partial charge on any atom is -0.494 e. The maximum Gasteiger partial charge on any atom is 0.266 e. The van der Waals surface area contributed by atoms with Gasteiger partial charge in [0, 0.05) is 28.2 Å². The monoisotopic (exact) mass is 441 g/mol. The van der Waals surface area contributed by atoms with Crippen LogP contribution in [0.2, 0.25) is 0 Å². The van der Waals surface area contributed by atoms with Crippen LogP contribution in [0, 0.1) is 0 Å². The lowest BCUT2D eigenvalue weighted by molar-refractivity contribution is 0.0951. The molecule has 2 aromatic carbocycles. The Morgan fingerprint density at radius 2 is 1.79 bits per heavy atom. The quantitative estimate of drug-likeness (QED) is 0.608. The first-order chi connectivity index (χ1) is 13.6. The lowest BCUT2D eigenvalue weighted by atomic mass is 10.1. The van der Waals surface area contributed by atoms with Crippen LogP contribution < -0.4 is 15.6 Å². The van der Waals surface area contributed by atoms with E-state index in [-0.39, 0.29) is 18.0 Å². The second kappa shape index (κ2) is 9.32. The summed E-state index contributed by atoms with van der Waals surface area (Å²) in [7, 11) is 0. The molecule has 0 aliphatic heterocycles. The topological polar surface area (TPSA) is 73.2 Å². The first-order valence-electron chi connectivity index (χ1n) is 8.92. The van der Waals surface area contributed by atoms with Crippen molar-refractivity contribution in [1.82, 2.24) is 15.1 Å². The molecule has 0 fully saturated rings. The number of carbonyl (C=O) groups excluding carboxylic acids is 1. The van der Waals surface area contributed by atoms with Gasteiger partial charge in [-0.1, -0.05) is 15.9 Å². The molecule has 1 aromatic heterocycles. The van der Waals surface area contributed by atoms with Gasteiger partial charge in [-0.15, -0.1) is 0 Å². The third kappa shape index (κ3) is 5.07. The van der Waals surface area contributed by atoms with Crippen LogP contribution in [0.15, 0.2) is 69.9 Å². The lowest BCUT2D eigenvalue weighted by Gasteiger charge is -2.09. The molecule has 0 aliphatic rings. The highest BCUT2D eigenvalue weighted by atomic mass is 79.9. The molecule has 0 atom stereocenters. The standard InChI is InChI=1S/C21H20BrN3O3/c1-2-28-18-9-5-15(6-10-18)19-11-12-20(26)25(24-19)14-13-23-21(27)16-3-7-17(22)8-4-16/h3-12H,2,13-14H2,1H3,(H,23,27). The highest BCUT2D eigenvalue weighted by Crippen LogP contribution is 2.19. The van der Waals surface area contributed by atoms with Crippen molar-refractivity contribution in [3.8, 4) is 17.0 Å². The molecular weight excluding hydrogens is 422 g/mol. The second-order valence-electron chi connectivity index (χ2n) is 6.00. The molecule has 1 heterocycles. The van der Waals surface area contributed by atoms with E-state index in [0.717, 1.165) is 15.8 Å². The van der Waals surface area contributed by atoms with E-state index in [0.29, 0.717) is 24.4 Å². The van der Waals surface area contributed by atoms with Crippen molar-refractivity contribution in [2.24, 2.45) is 0 Å². The van der Waals surface area contributed by atoms with E-state index in [1.165, 1.54) is 10.7 Å². The smallest absolute Gasteiger partial charge is 0.266 e. The zero-order chi connectivity index (χ0) is 19.9. The van der Waals surface area contributed by atoms with Gasteiger partial charge in [0.05, 0.1) is 18.8 Å². The van der Waals surface area contributed by atoms with E-state index >= 15 is 0 Å². The van der Waals surface area contributed by atoms with Crippen LogP contribution in [0.5, 0.6) is 5.75 Å². The molecule has 3 aromatic rings. The molecule has 144 valence electrons. The Labute approximate surface area is 171 Å². The van der Waals surface area contributed by atoms with Gasteiger partial charge < -0.3 is 10.1 Å². The largest absolute Gasteiger partial charge is 0.494 e. The fourth-order valence-electron chi connectivity index (χ4n) is 2.63. The van der Waals surface area contributed by atoms with Gasteiger partial charge in [0.2, 0.25) is 0 Å². The summed E-state index contributed by atoms with van der Waals surface area (Å²) in [6.45, 7) is 3.12. The van der Waals surface area contributed by atoms with Gasteiger partial charge in [-0.25, -0.2) is 4.68 Å². The number of ether oxygens (including phenoxy) is 1. The van der Waals surface area contributed by atoms with Crippen molar-refractivity contribution in [3.63, 3.8) is 0 Å². The predicted molar refractivity (Wildman–Crippen MR) is 112 cm³/mol. The molecule has 7 heteroatoms. The summed E-state index contributed by atoms with van der Waals surface area (Å²) >= 11 is 3.34. The first-order valence-corrected chi connectivity index (χ1v) is 9.71. The summed E-state index contributed by atoms with van der Waals surface area (Å²) in [4.78, 5) is 24.2. The van der Waals surface area contributed by atoms with Gasteiger partial charge in [-0.2, -0.15) is 5.10 Å². The number of nitrogens with one attached hydrogen (secondary N) is 1. The fourth-order valence-corrected chi connectivity index (χ4v) is 2.89. The van der Waals surface area contributed by atoms with Crippen molar-refractivity contribution < 1.29 is 9.53 Å². The van der Waals surface area contributed by atoms with Crippen molar-refractivity contribution in [2.75, 3.05) is 13.2 Å². The molecule has 0 radical (unpaired) electrons. The Bertz CT molecular complexity index is 999. The van der Waals surface area contributed by atoms with E-state index in [4.69, 9.17) is 4.74 Å². The molecule has 0 saturated carbocycles. The van der Waals surface area contributed by atoms with Crippen molar-refractivity contribution in [1.29, 1.82) is 0 Å². The average Bonchev–Trinajstić information content (AvgIpc) is 2.71. The Morgan fingerprint density at radius 3 is 2.46 bits per heavy atom. The summed E-state index contributed by atoms with van der Waals surface area (Å²) in [5.41, 5.74) is 1.91. The fraction of sp³-hybridized carbons (Fsp3) is 0.190. The van der Waals surface area contributed by atoms with Crippen LogP contribution in [0.25, 0.3) is 11.3 Å². The number of benzene rings is 2. The first kappa shape index (κ1) is 19.8. The van der Waals surface area contributed by atoms with Crippen LogP contribution in [-0.2, 0) is 6.54 Å². The minimum absolute atomic E-state index is 0.191. The van der Waals surface area contributed by atoms with E-state index in [2.05, 4.69) is 26.3 Å². The van der Waals surface area contributed by atoms with Gasteiger partial charge >= 0.3 is 0 Å². The van der Waals surface area contributed by atoms with E-state index in [1.807, 2.05) is 31.2 Å². The van der Waals surface area contributed by atoms with Gasteiger partial charge in [0.15, 0.2) is 0 Å². The number of carbonyl (C=O) groups is 1. The molecule has 0 unspecified atom stereocenters. The van der Waals surface area contributed by atoms with Gasteiger partial charge in [0.1, 0.15) is 5.75 Å². The summed E-state index contributed by atoms with van der Waals surface area (Å²) in [6, 6.07) is 17.8. The molecule has 0 bridgehead atoms. The molecule has 0 aliphatic carbocycles. The van der Waals surface area contributed by atoms with Crippen LogP contribution >= 0.6 is 15.9 Å². The Balaban J connectivity index is 1.65. The maximum atomic E-state index is 12.2. The van der Waals surface area contributed by atoms with Crippen LogP contribution in [0.4, 0.5) is 0 Å². The molecule has 0 spiro atoms. The molecule has 0 saturated heterocycles. The minimum atomic E-state index is -0.215. The number of nitrogens with zero attached hydrogens (tertiary/aromatic N) is 2. The number of hydrogen-bond donors (Lipinski definition) is 1. The van der Waals surface area contributed by atoms with Gasteiger partial charge in [0.25, 0.3) is 11.5 Å². The summed E-state index contributed by atoms with van der Waals surface area (Å²) in [6.07, 6.45) is 0. The third-order valence-electron chi connectivity index (χ3n) is 4.04. The average molecular weight is 442 g/mol. The molecule has 6 nitrogen and oxygen atoms in total. The van der Waals surface area contributed by atoms with Crippen molar-refractivity contribution >= 4 is 21.8 Å². The maximum absolute atomic E-state index is 12.2. The van der Waals surface area contributed by atoms with E-state index < -0.39 is 0 Å². The normalized spacial score (nSPS) is 10.5. The van der Waals surface area contributed by atoms with Gasteiger partial charge in [-0.05, 0) is 61.5 Å². The molecular formula is C21H20BrN3O3.